The van der Waals surface area contributed by atoms with Gasteiger partial charge in [-0.1, -0.05) is 12.1 Å². The molecule has 8 heteroatoms. The molecule has 7 nitrogen and oxygen atoms in total. The maximum Gasteiger partial charge on any atom is 0.405 e. The van der Waals surface area contributed by atoms with Crippen LogP contribution >= 0.6 is 0 Å². The summed E-state index contributed by atoms with van der Waals surface area (Å²) in [6, 6.07) is 4.42. The molecular formula is C19H29FN2O5. The van der Waals surface area contributed by atoms with Crippen LogP contribution < -0.4 is 5.32 Å². The van der Waals surface area contributed by atoms with E-state index in [0.29, 0.717) is 18.8 Å². The van der Waals surface area contributed by atoms with E-state index in [1.807, 2.05) is 27.7 Å². The lowest BCUT2D eigenvalue weighted by atomic mass is 10.0. The van der Waals surface area contributed by atoms with Crippen LogP contribution in [0.2, 0.25) is 0 Å². The minimum Gasteiger partial charge on any atom is -0.465 e. The summed E-state index contributed by atoms with van der Waals surface area (Å²) in [5.74, 6) is -0.783. The summed E-state index contributed by atoms with van der Waals surface area (Å²) in [6.45, 7) is 8.37. The van der Waals surface area contributed by atoms with E-state index in [0.717, 1.165) is 0 Å². The molecule has 2 N–H and O–H groups in total. The second-order valence-corrected chi connectivity index (χ2v) is 6.26. The third-order valence-corrected chi connectivity index (χ3v) is 3.91. The molecule has 0 fully saturated rings. The van der Waals surface area contributed by atoms with Crippen molar-refractivity contribution in [3.8, 4) is 0 Å². The average molecular weight is 384 g/mol. The van der Waals surface area contributed by atoms with Crippen molar-refractivity contribution in [3.05, 3.63) is 35.6 Å². The summed E-state index contributed by atoms with van der Waals surface area (Å²) in [5, 5.41) is 11.4. The minimum absolute atomic E-state index is 0.114. The predicted octanol–water partition coefficient (Wildman–Crippen LogP) is 2.64. The molecule has 0 bridgehead atoms. The molecule has 0 aliphatic rings. The molecule has 0 saturated heterocycles. The van der Waals surface area contributed by atoms with Crippen LogP contribution in [0.1, 0.15) is 33.3 Å². The van der Waals surface area contributed by atoms with Gasteiger partial charge in [-0.15, -0.1) is 0 Å². The number of nitrogens with zero attached hydrogens (tertiary/aromatic N) is 1. The molecule has 1 aromatic rings. The molecule has 1 atom stereocenters. The van der Waals surface area contributed by atoms with Crippen LogP contribution in [-0.4, -0.2) is 60.1 Å². The van der Waals surface area contributed by atoms with Gasteiger partial charge in [-0.3, -0.25) is 4.79 Å². The van der Waals surface area contributed by atoms with E-state index in [2.05, 4.69) is 5.32 Å². The Kier molecular flexibility index (Phi) is 9.74. The highest BCUT2D eigenvalue weighted by molar-refractivity contribution is 5.85. The van der Waals surface area contributed by atoms with Gasteiger partial charge in [0.25, 0.3) is 0 Å². The number of carbonyl (C=O) groups is 2. The summed E-state index contributed by atoms with van der Waals surface area (Å²) >= 11 is 0. The number of benzene rings is 1. The topological polar surface area (TPSA) is 88.1 Å². The molecule has 0 saturated carbocycles. The monoisotopic (exact) mass is 384 g/mol. The number of ether oxygens (including phenoxy) is 2. The van der Waals surface area contributed by atoms with Gasteiger partial charge in [0.2, 0.25) is 5.91 Å². The lowest BCUT2D eigenvalue weighted by Gasteiger charge is -2.33. The fourth-order valence-electron chi connectivity index (χ4n) is 2.65. The summed E-state index contributed by atoms with van der Waals surface area (Å²) in [5.41, 5.74) is 0.651. The molecule has 152 valence electrons. The van der Waals surface area contributed by atoms with Crippen molar-refractivity contribution >= 4 is 12.0 Å². The van der Waals surface area contributed by atoms with E-state index in [4.69, 9.17) is 14.6 Å². The number of hydrogen-bond donors (Lipinski definition) is 2. The van der Waals surface area contributed by atoms with E-state index in [1.165, 1.54) is 29.2 Å². The summed E-state index contributed by atoms with van der Waals surface area (Å²) < 4.78 is 24.1. The van der Waals surface area contributed by atoms with Crippen LogP contribution in [0.15, 0.2) is 24.3 Å². The first-order valence-corrected chi connectivity index (χ1v) is 9.06. The third kappa shape index (κ3) is 7.92. The lowest BCUT2D eigenvalue weighted by Crippen LogP contribution is -2.53. The Balaban J connectivity index is 2.99. The molecule has 1 rings (SSSR count). The van der Waals surface area contributed by atoms with E-state index >= 15 is 0 Å². The van der Waals surface area contributed by atoms with Gasteiger partial charge in [0.1, 0.15) is 11.9 Å². The lowest BCUT2D eigenvalue weighted by molar-refractivity contribution is -0.162. The molecule has 27 heavy (non-hydrogen) atoms. The van der Waals surface area contributed by atoms with Gasteiger partial charge in [-0.25, -0.2) is 9.18 Å². The Morgan fingerprint density at radius 2 is 1.70 bits per heavy atom. The Hall–Kier alpha value is -2.19. The van der Waals surface area contributed by atoms with Gasteiger partial charge in [0.05, 0.1) is 6.54 Å². The van der Waals surface area contributed by atoms with Crippen molar-refractivity contribution in [3.63, 3.8) is 0 Å². The Labute approximate surface area is 159 Å². The molecule has 2 amide bonds. The van der Waals surface area contributed by atoms with Crippen LogP contribution in [0.25, 0.3) is 0 Å². The van der Waals surface area contributed by atoms with Crippen LogP contribution in [-0.2, 0) is 20.7 Å². The van der Waals surface area contributed by atoms with E-state index in [9.17, 15) is 14.0 Å². The van der Waals surface area contributed by atoms with Gasteiger partial charge >= 0.3 is 6.09 Å². The zero-order valence-electron chi connectivity index (χ0n) is 16.3. The van der Waals surface area contributed by atoms with Gasteiger partial charge in [0.15, 0.2) is 6.29 Å². The highest BCUT2D eigenvalue weighted by atomic mass is 19.1. The number of carbonyl (C=O) groups excluding carboxylic acids is 1. The quantitative estimate of drug-likeness (QED) is 0.573. The molecule has 1 aromatic carbocycles. The Morgan fingerprint density at radius 3 is 2.15 bits per heavy atom. The molecule has 1 unspecified atom stereocenters. The second kappa shape index (κ2) is 11.5. The third-order valence-electron chi connectivity index (χ3n) is 3.91. The average Bonchev–Trinajstić information content (AvgIpc) is 2.60. The number of nitrogens with one attached hydrogen (secondary N) is 1. The smallest absolute Gasteiger partial charge is 0.405 e. The van der Waals surface area contributed by atoms with Crippen molar-refractivity contribution in [2.75, 3.05) is 19.8 Å². The summed E-state index contributed by atoms with van der Waals surface area (Å²) in [7, 11) is 0. The standard InChI is InChI=1S/C19H29FN2O5/c1-5-26-17(27-6-2)12-22(13(3)4)18(23)16(21-19(24)25)11-14-7-9-15(20)10-8-14/h7-10,13,16-17,21H,5-6,11-12H2,1-4H3,(H,24,25). The van der Waals surface area contributed by atoms with Crippen molar-refractivity contribution < 1.29 is 28.6 Å². The van der Waals surface area contributed by atoms with Gasteiger partial charge in [0, 0.05) is 25.7 Å². The molecule has 0 radical (unpaired) electrons. The molecule has 0 aliphatic heterocycles. The molecular weight excluding hydrogens is 355 g/mol. The van der Waals surface area contributed by atoms with E-state index < -0.39 is 24.2 Å². The highest BCUT2D eigenvalue weighted by Crippen LogP contribution is 2.12. The van der Waals surface area contributed by atoms with E-state index in [1.54, 1.807) is 0 Å². The van der Waals surface area contributed by atoms with Gasteiger partial charge < -0.3 is 24.8 Å². The molecule has 0 aliphatic carbocycles. The zero-order valence-corrected chi connectivity index (χ0v) is 16.3. The molecule has 0 spiro atoms. The maximum absolute atomic E-state index is 13.1. The maximum atomic E-state index is 13.1. The van der Waals surface area contributed by atoms with Crippen molar-refractivity contribution in [1.82, 2.24) is 10.2 Å². The SMILES string of the molecule is CCOC(CN(C(=O)C(Cc1ccc(F)cc1)NC(=O)O)C(C)C)OCC. The normalized spacial score (nSPS) is 12.3. The summed E-state index contributed by atoms with van der Waals surface area (Å²) in [4.78, 5) is 25.8. The number of hydrogen-bond acceptors (Lipinski definition) is 4. The first kappa shape index (κ1) is 22.9. The largest absolute Gasteiger partial charge is 0.465 e. The minimum atomic E-state index is -1.30. The van der Waals surface area contributed by atoms with Crippen LogP contribution in [0.5, 0.6) is 0 Å². The second-order valence-electron chi connectivity index (χ2n) is 6.26. The fourth-order valence-corrected chi connectivity index (χ4v) is 2.65. The zero-order chi connectivity index (χ0) is 20.4. The number of rotatable bonds is 11. The Morgan fingerprint density at radius 1 is 1.15 bits per heavy atom. The fraction of sp³-hybridized carbons (Fsp3) is 0.579. The molecule has 0 heterocycles. The number of carboxylic acid groups (broad SMARTS) is 1. The van der Waals surface area contributed by atoms with Crippen LogP contribution in [0.4, 0.5) is 9.18 Å². The predicted molar refractivity (Wildman–Crippen MR) is 98.9 cm³/mol. The first-order chi connectivity index (χ1) is 12.8. The van der Waals surface area contributed by atoms with Crippen LogP contribution in [0.3, 0.4) is 0 Å². The van der Waals surface area contributed by atoms with Gasteiger partial charge in [-0.2, -0.15) is 0 Å². The van der Waals surface area contributed by atoms with Crippen LogP contribution in [0, 0.1) is 5.82 Å². The van der Waals surface area contributed by atoms with Crippen molar-refractivity contribution in [2.45, 2.75) is 52.5 Å². The van der Waals surface area contributed by atoms with Gasteiger partial charge in [-0.05, 0) is 45.4 Å². The van der Waals surface area contributed by atoms with Crippen molar-refractivity contribution in [2.24, 2.45) is 0 Å². The summed E-state index contributed by atoms with van der Waals surface area (Å²) in [6.07, 6.45) is -1.78. The number of halogens is 1. The first-order valence-electron chi connectivity index (χ1n) is 9.06. The van der Waals surface area contributed by atoms with E-state index in [-0.39, 0.29) is 24.9 Å². The number of amides is 2. The Bertz CT molecular complexity index is 588. The molecule has 0 aromatic heterocycles. The highest BCUT2D eigenvalue weighted by Gasteiger charge is 2.30. The van der Waals surface area contributed by atoms with Crippen molar-refractivity contribution in [1.29, 1.82) is 0 Å².